The van der Waals surface area contributed by atoms with Crippen molar-refractivity contribution in [1.82, 2.24) is 5.32 Å². The smallest absolute Gasteiger partial charge is 0.115 e. The molecule has 2 aromatic rings. The average Bonchev–Trinajstić information content (AvgIpc) is 2.66. The van der Waals surface area contributed by atoms with Crippen LogP contribution in [0.3, 0.4) is 0 Å². The van der Waals surface area contributed by atoms with Crippen molar-refractivity contribution >= 4 is 43.2 Å². The van der Waals surface area contributed by atoms with Crippen LogP contribution in [0.2, 0.25) is 0 Å². The number of benzene rings is 1. The summed E-state index contributed by atoms with van der Waals surface area (Å²) in [6.07, 6.45) is 0. The summed E-state index contributed by atoms with van der Waals surface area (Å²) in [6.45, 7) is 2.90. The largest absolute Gasteiger partial charge is 0.508 e. The minimum absolute atomic E-state index is 0.205. The molecule has 0 aliphatic heterocycles. The number of aromatic hydroxyl groups is 1. The Morgan fingerprint density at radius 3 is 2.72 bits per heavy atom. The van der Waals surface area contributed by atoms with Gasteiger partial charge in [0.15, 0.2) is 0 Å². The van der Waals surface area contributed by atoms with Gasteiger partial charge in [-0.1, -0.05) is 12.1 Å². The summed E-state index contributed by atoms with van der Waals surface area (Å²) in [7, 11) is 0. The molecular formula is C13H13Br2NOS. The molecule has 2 rings (SSSR count). The summed E-state index contributed by atoms with van der Waals surface area (Å²) in [4.78, 5) is 1.26. The predicted octanol–water partition coefficient (Wildman–Crippen LogP) is 4.83. The Labute approximate surface area is 127 Å². The Balaban J connectivity index is 1.98. The van der Waals surface area contributed by atoms with Crippen molar-refractivity contribution < 1.29 is 5.11 Å². The Hall–Kier alpha value is -0.360. The molecule has 0 aliphatic rings. The van der Waals surface area contributed by atoms with Crippen LogP contribution in [0, 0.1) is 0 Å². The van der Waals surface area contributed by atoms with Gasteiger partial charge in [-0.25, -0.2) is 0 Å². The van der Waals surface area contributed by atoms with Gasteiger partial charge in [-0.05, 0) is 62.5 Å². The first kappa shape index (κ1) is 14.1. The van der Waals surface area contributed by atoms with Crippen molar-refractivity contribution in [2.75, 3.05) is 0 Å². The quantitative estimate of drug-likeness (QED) is 0.783. The zero-order chi connectivity index (χ0) is 13.1. The maximum Gasteiger partial charge on any atom is 0.115 e. The number of hydrogen-bond acceptors (Lipinski definition) is 3. The van der Waals surface area contributed by atoms with Crippen molar-refractivity contribution in [2.24, 2.45) is 0 Å². The fraction of sp³-hybridized carbons (Fsp3) is 0.231. The first-order valence-corrected chi connectivity index (χ1v) is 7.92. The van der Waals surface area contributed by atoms with E-state index in [0.717, 1.165) is 20.4 Å². The lowest BCUT2D eigenvalue weighted by atomic mass is 10.1. The molecular weight excluding hydrogens is 378 g/mol. The van der Waals surface area contributed by atoms with Gasteiger partial charge in [-0.15, -0.1) is 11.3 Å². The molecule has 1 unspecified atom stereocenters. The van der Waals surface area contributed by atoms with Gasteiger partial charge in [-0.3, -0.25) is 0 Å². The van der Waals surface area contributed by atoms with Gasteiger partial charge < -0.3 is 10.4 Å². The van der Waals surface area contributed by atoms with E-state index < -0.39 is 0 Å². The van der Waals surface area contributed by atoms with Crippen LogP contribution in [0.5, 0.6) is 5.75 Å². The Bertz CT molecular complexity index is 522. The lowest BCUT2D eigenvalue weighted by Crippen LogP contribution is -2.17. The highest BCUT2D eigenvalue weighted by molar-refractivity contribution is 9.13. The maximum absolute atomic E-state index is 9.45. The van der Waals surface area contributed by atoms with E-state index in [0.29, 0.717) is 5.75 Å². The summed E-state index contributed by atoms with van der Waals surface area (Å²) in [5.41, 5.74) is 1.09. The number of halogens is 2. The van der Waals surface area contributed by atoms with Crippen molar-refractivity contribution in [3.05, 3.63) is 49.0 Å². The fourth-order valence-electron chi connectivity index (χ4n) is 1.64. The van der Waals surface area contributed by atoms with Crippen molar-refractivity contribution in [3.8, 4) is 5.75 Å². The molecule has 0 saturated heterocycles. The third kappa shape index (κ3) is 3.57. The topological polar surface area (TPSA) is 32.3 Å². The molecule has 1 heterocycles. The highest BCUT2D eigenvalue weighted by Crippen LogP contribution is 2.32. The molecule has 5 heteroatoms. The van der Waals surface area contributed by atoms with E-state index in [2.05, 4.69) is 50.2 Å². The second-order valence-electron chi connectivity index (χ2n) is 4.03. The van der Waals surface area contributed by atoms with Gasteiger partial charge in [0.2, 0.25) is 0 Å². The Morgan fingerprint density at radius 1 is 1.33 bits per heavy atom. The molecule has 2 N–H and O–H groups in total. The third-order valence-corrected chi connectivity index (χ3v) is 5.91. The molecule has 1 aromatic carbocycles. The second-order valence-corrected chi connectivity index (χ2v) is 7.34. The van der Waals surface area contributed by atoms with Crippen LogP contribution < -0.4 is 5.32 Å². The van der Waals surface area contributed by atoms with Gasteiger partial charge in [0.05, 0.1) is 3.79 Å². The lowest BCUT2D eigenvalue weighted by Gasteiger charge is -2.13. The van der Waals surface area contributed by atoms with Crippen LogP contribution in [-0.4, -0.2) is 5.11 Å². The highest BCUT2D eigenvalue weighted by Gasteiger charge is 2.08. The average molecular weight is 391 g/mol. The van der Waals surface area contributed by atoms with Gasteiger partial charge in [0.25, 0.3) is 0 Å². The monoisotopic (exact) mass is 389 g/mol. The number of phenols is 1. The molecule has 0 radical (unpaired) electrons. The van der Waals surface area contributed by atoms with Gasteiger partial charge in [0, 0.05) is 21.9 Å². The van der Waals surface area contributed by atoms with E-state index in [-0.39, 0.29) is 6.04 Å². The van der Waals surface area contributed by atoms with Crippen LogP contribution in [0.1, 0.15) is 23.4 Å². The summed E-state index contributed by atoms with van der Waals surface area (Å²) in [5, 5.41) is 12.9. The zero-order valence-corrected chi connectivity index (χ0v) is 13.8. The number of thiophene rings is 1. The number of hydrogen-bond donors (Lipinski definition) is 2. The molecule has 1 aromatic heterocycles. The van der Waals surface area contributed by atoms with Crippen molar-refractivity contribution in [3.63, 3.8) is 0 Å². The van der Waals surface area contributed by atoms with Crippen LogP contribution in [-0.2, 0) is 6.54 Å². The van der Waals surface area contributed by atoms with Crippen LogP contribution in [0.15, 0.2) is 38.6 Å². The molecule has 0 saturated carbocycles. The minimum atomic E-state index is 0.205. The van der Waals surface area contributed by atoms with E-state index in [9.17, 15) is 5.11 Å². The van der Waals surface area contributed by atoms with E-state index in [1.165, 1.54) is 4.88 Å². The minimum Gasteiger partial charge on any atom is -0.508 e. The molecule has 1 atom stereocenters. The third-order valence-electron chi connectivity index (χ3n) is 2.65. The summed E-state index contributed by atoms with van der Waals surface area (Å²) in [5.74, 6) is 0.308. The van der Waals surface area contributed by atoms with Crippen LogP contribution in [0.4, 0.5) is 0 Å². The molecule has 0 spiro atoms. The standard InChI is InChI=1S/C13H13Br2NOS/c1-8(9-3-2-4-10(17)5-9)16-7-11-6-12(14)13(15)18-11/h2-6,8,16-17H,7H2,1H3. The maximum atomic E-state index is 9.45. The molecule has 0 bridgehead atoms. The SMILES string of the molecule is CC(NCc1cc(Br)c(Br)s1)c1cccc(O)c1. The molecule has 2 nitrogen and oxygen atoms in total. The lowest BCUT2D eigenvalue weighted by molar-refractivity contribution is 0.472. The van der Waals surface area contributed by atoms with Crippen molar-refractivity contribution in [2.45, 2.75) is 19.5 Å². The van der Waals surface area contributed by atoms with E-state index in [1.807, 2.05) is 12.1 Å². The second kappa shape index (κ2) is 6.19. The van der Waals surface area contributed by atoms with Gasteiger partial charge in [0.1, 0.15) is 5.75 Å². The summed E-state index contributed by atoms with van der Waals surface area (Å²) >= 11 is 8.68. The van der Waals surface area contributed by atoms with Crippen LogP contribution >= 0.6 is 43.2 Å². The summed E-state index contributed by atoms with van der Waals surface area (Å²) < 4.78 is 2.21. The van der Waals surface area contributed by atoms with E-state index in [1.54, 1.807) is 23.5 Å². The Morgan fingerprint density at radius 2 is 2.11 bits per heavy atom. The van der Waals surface area contributed by atoms with Gasteiger partial charge >= 0.3 is 0 Å². The number of nitrogens with one attached hydrogen (secondary N) is 1. The Kier molecular flexibility index (Phi) is 4.84. The highest BCUT2D eigenvalue weighted by atomic mass is 79.9. The molecule has 0 fully saturated rings. The molecule has 18 heavy (non-hydrogen) atoms. The van der Waals surface area contributed by atoms with E-state index >= 15 is 0 Å². The van der Waals surface area contributed by atoms with Gasteiger partial charge in [-0.2, -0.15) is 0 Å². The molecule has 0 amide bonds. The first-order chi connectivity index (χ1) is 8.56. The van der Waals surface area contributed by atoms with Crippen molar-refractivity contribution in [1.29, 1.82) is 0 Å². The van der Waals surface area contributed by atoms with Crippen LogP contribution in [0.25, 0.3) is 0 Å². The number of phenolic OH excluding ortho intramolecular Hbond substituents is 1. The predicted molar refractivity (Wildman–Crippen MR) is 83.1 cm³/mol. The molecule has 0 aliphatic carbocycles. The van der Waals surface area contributed by atoms with E-state index in [4.69, 9.17) is 0 Å². The molecule has 96 valence electrons. The summed E-state index contributed by atoms with van der Waals surface area (Å²) in [6, 6.07) is 9.66. The number of rotatable bonds is 4. The first-order valence-electron chi connectivity index (χ1n) is 5.52. The zero-order valence-electron chi connectivity index (χ0n) is 9.78. The normalized spacial score (nSPS) is 12.6. The fourth-order valence-corrected chi connectivity index (χ4v) is 3.77.